The highest BCUT2D eigenvalue weighted by atomic mass is 32.2. The number of hydrogen-bond donors (Lipinski definition) is 0. The van der Waals surface area contributed by atoms with E-state index in [0.29, 0.717) is 0 Å². The molecule has 2 heterocycles. The van der Waals surface area contributed by atoms with Crippen LogP contribution in [0.1, 0.15) is 13.8 Å². The van der Waals surface area contributed by atoms with E-state index in [0.717, 1.165) is 0 Å². The van der Waals surface area contributed by atoms with Gasteiger partial charge >= 0.3 is 12.1 Å². The second-order valence-electron chi connectivity index (χ2n) is 5.10. The number of carbonyl (C=O) groups is 1. The van der Waals surface area contributed by atoms with E-state index in [9.17, 15) is 26.4 Å². The largest absolute Gasteiger partial charge is 0.455 e. The number of rotatable bonds is 4. The van der Waals surface area contributed by atoms with E-state index in [1.807, 2.05) is 0 Å². The molecule has 0 radical (unpaired) electrons. The fourth-order valence-corrected chi connectivity index (χ4v) is 2.89. The molecule has 2 saturated heterocycles. The minimum atomic E-state index is -4.91. The molecular weight excluding hydrogens is 321 g/mol. The summed E-state index contributed by atoms with van der Waals surface area (Å²) in [6.45, 7) is 2.32. The van der Waals surface area contributed by atoms with Crippen LogP contribution in [0.25, 0.3) is 0 Å². The van der Waals surface area contributed by atoms with Crippen LogP contribution in [-0.2, 0) is 33.3 Å². The van der Waals surface area contributed by atoms with E-state index in [1.165, 1.54) is 13.8 Å². The zero-order valence-corrected chi connectivity index (χ0v) is 11.9. The van der Waals surface area contributed by atoms with Gasteiger partial charge in [0.15, 0.2) is 23.7 Å². The molecule has 0 unspecified atom stereocenters. The molecule has 0 aromatic heterocycles. The summed E-state index contributed by atoms with van der Waals surface area (Å²) in [4.78, 5) is 11.5. The third-order valence-corrected chi connectivity index (χ3v) is 3.92. The topological polar surface area (TPSA) is 88.1 Å². The molecule has 0 amide bonds. The van der Waals surface area contributed by atoms with Crippen LogP contribution in [0.2, 0.25) is 0 Å². The van der Waals surface area contributed by atoms with Crippen LogP contribution in [-0.4, -0.2) is 57.0 Å². The molecule has 2 fully saturated rings. The molecule has 0 bridgehead atoms. The normalized spacial score (nSPS) is 32.0. The Morgan fingerprint density at radius 2 is 1.90 bits per heavy atom. The molecule has 0 N–H and O–H groups in total. The Labute approximate surface area is 118 Å². The third-order valence-electron chi connectivity index (χ3n) is 2.75. The molecule has 0 aromatic carbocycles. The van der Waals surface area contributed by atoms with Crippen molar-refractivity contribution < 1.29 is 44.8 Å². The maximum atomic E-state index is 12.0. The lowest BCUT2D eigenvalue weighted by atomic mass is 10.1. The monoisotopic (exact) mass is 334 g/mol. The summed E-state index contributed by atoms with van der Waals surface area (Å²) in [7, 11) is -4.81. The van der Waals surface area contributed by atoms with Gasteiger partial charge < -0.3 is 14.2 Å². The van der Waals surface area contributed by atoms with Crippen molar-refractivity contribution in [2.45, 2.75) is 44.1 Å². The smallest absolute Gasteiger partial charge is 0.405 e. The summed E-state index contributed by atoms with van der Waals surface area (Å²) in [5.74, 6) is -3.96. The second kappa shape index (κ2) is 5.07. The molecule has 21 heavy (non-hydrogen) atoms. The molecular formula is C10H13F3O7S. The minimum absolute atomic E-state index is 0.759. The fourth-order valence-electron chi connectivity index (χ4n) is 2.07. The van der Waals surface area contributed by atoms with Crippen molar-refractivity contribution >= 4 is 16.1 Å². The van der Waals surface area contributed by atoms with E-state index in [1.54, 1.807) is 0 Å². The lowest BCUT2D eigenvalue weighted by Gasteiger charge is -2.21. The van der Waals surface area contributed by atoms with E-state index in [4.69, 9.17) is 14.2 Å². The average Bonchev–Trinajstić information content (AvgIpc) is 2.68. The minimum Gasteiger partial charge on any atom is -0.455 e. The van der Waals surface area contributed by atoms with Crippen molar-refractivity contribution in [1.82, 2.24) is 0 Å². The highest BCUT2D eigenvalue weighted by molar-refractivity contribution is 7.86. The van der Waals surface area contributed by atoms with Gasteiger partial charge in [0.1, 0.15) is 12.7 Å². The highest BCUT2D eigenvalue weighted by Crippen LogP contribution is 2.36. The standard InChI is InChI=1S/C10H13F3O7S/c1-9(2)19-6-5(18-8(14)7(6)20-9)3-17-21(15,16)4-10(11,12)13/h5-7H,3-4H2,1-2H3/t5-,6-,7-/m1/s1. The molecule has 2 aliphatic rings. The highest BCUT2D eigenvalue weighted by Gasteiger charge is 2.56. The lowest BCUT2D eigenvalue weighted by Crippen LogP contribution is -2.35. The van der Waals surface area contributed by atoms with Crippen LogP contribution in [0.4, 0.5) is 13.2 Å². The van der Waals surface area contributed by atoms with Gasteiger partial charge in [0.25, 0.3) is 10.1 Å². The SMILES string of the molecule is CC1(C)O[C@@H]2[C@@H](COS(=O)(=O)CC(F)(F)F)OC(=O)[C@@H]2O1. The first kappa shape index (κ1) is 16.5. The number of halogens is 3. The first-order chi connectivity index (χ1) is 9.39. The molecule has 0 spiro atoms. The van der Waals surface area contributed by atoms with Gasteiger partial charge in [-0.05, 0) is 13.8 Å². The van der Waals surface area contributed by atoms with E-state index in [-0.39, 0.29) is 0 Å². The maximum Gasteiger partial charge on any atom is 0.405 e. The van der Waals surface area contributed by atoms with Crippen LogP contribution < -0.4 is 0 Å². The van der Waals surface area contributed by atoms with Crippen molar-refractivity contribution in [1.29, 1.82) is 0 Å². The third kappa shape index (κ3) is 4.05. The Morgan fingerprint density at radius 1 is 1.29 bits per heavy atom. The van der Waals surface area contributed by atoms with Crippen LogP contribution >= 0.6 is 0 Å². The number of esters is 1. The Hall–Kier alpha value is -0.910. The predicted octanol–water partition coefficient (Wildman–Crippen LogP) is 0.341. The van der Waals surface area contributed by atoms with E-state index < -0.39 is 58.7 Å². The molecule has 122 valence electrons. The van der Waals surface area contributed by atoms with Crippen molar-refractivity contribution in [2.24, 2.45) is 0 Å². The molecule has 2 aliphatic heterocycles. The van der Waals surface area contributed by atoms with Gasteiger partial charge in [-0.3, -0.25) is 4.18 Å². The Kier molecular flexibility index (Phi) is 3.98. The van der Waals surface area contributed by atoms with Crippen molar-refractivity contribution in [3.63, 3.8) is 0 Å². The summed E-state index contributed by atoms with van der Waals surface area (Å²) < 4.78 is 78.1. The molecule has 11 heteroatoms. The molecule has 0 aliphatic carbocycles. The molecule has 7 nitrogen and oxygen atoms in total. The predicted molar refractivity (Wildman–Crippen MR) is 59.5 cm³/mol. The number of fused-ring (bicyclic) bond motifs is 1. The summed E-state index contributed by atoms with van der Waals surface area (Å²) >= 11 is 0. The van der Waals surface area contributed by atoms with Gasteiger partial charge in [-0.25, -0.2) is 4.79 Å². The zero-order valence-electron chi connectivity index (χ0n) is 11.0. The van der Waals surface area contributed by atoms with Gasteiger partial charge in [-0.15, -0.1) is 0 Å². The van der Waals surface area contributed by atoms with Gasteiger partial charge in [0.05, 0.1) is 0 Å². The quantitative estimate of drug-likeness (QED) is 0.541. The molecule has 0 saturated carbocycles. The van der Waals surface area contributed by atoms with Crippen LogP contribution in [0.5, 0.6) is 0 Å². The number of ether oxygens (including phenoxy) is 3. The van der Waals surface area contributed by atoms with Crippen LogP contribution in [0.3, 0.4) is 0 Å². The van der Waals surface area contributed by atoms with Gasteiger partial charge in [-0.2, -0.15) is 21.6 Å². The zero-order chi connectivity index (χ0) is 16.1. The second-order valence-corrected chi connectivity index (χ2v) is 6.74. The fraction of sp³-hybridized carbons (Fsp3) is 0.900. The number of hydrogen-bond acceptors (Lipinski definition) is 7. The molecule has 2 rings (SSSR count). The lowest BCUT2D eigenvalue weighted by molar-refractivity contribution is -0.188. The number of alkyl halides is 3. The van der Waals surface area contributed by atoms with E-state index in [2.05, 4.69) is 4.18 Å². The molecule has 0 aromatic rings. The number of carbonyl (C=O) groups excluding carboxylic acids is 1. The Morgan fingerprint density at radius 3 is 2.48 bits per heavy atom. The number of cyclic esters (lactones) is 1. The Balaban J connectivity index is 1.97. The summed E-state index contributed by atoms with van der Waals surface area (Å²) in [5, 5.41) is 0. The van der Waals surface area contributed by atoms with Gasteiger partial charge in [0, 0.05) is 0 Å². The Bertz CT molecular complexity index is 527. The van der Waals surface area contributed by atoms with Gasteiger partial charge in [0.2, 0.25) is 0 Å². The van der Waals surface area contributed by atoms with Crippen molar-refractivity contribution in [3.05, 3.63) is 0 Å². The van der Waals surface area contributed by atoms with Gasteiger partial charge in [-0.1, -0.05) is 0 Å². The van der Waals surface area contributed by atoms with Crippen LogP contribution in [0.15, 0.2) is 0 Å². The summed E-state index contributed by atoms with van der Waals surface area (Å²) in [6, 6.07) is 0. The molecule has 3 atom stereocenters. The van der Waals surface area contributed by atoms with Crippen LogP contribution in [0, 0.1) is 0 Å². The summed E-state index contributed by atoms with van der Waals surface area (Å²) in [6.07, 6.45) is -8.03. The summed E-state index contributed by atoms with van der Waals surface area (Å²) in [5.41, 5.74) is 0. The maximum absolute atomic E-state index is 12.0. The first-order valence-electron chi connectivity index (χ1n) is 5.89. The average molecular weight is 334 g/mol. The van der Waals surface area contributed by atoms with Crippen molar-refractivity contribution in [2.75, 3.05) is 12.4 Å². The first-order valence-corrected chi connectivity index (χ1v) is 7.46. The van der Waals surface area contributed by atoms with E-state index >= 15 is 0 Å². The van der Waals surface area contributed by atoms with Crippen molar-refractivity contribution in [3.8, 4) is 0 Å².